The highest BCUT2D eigenvalue weighted by Gasteiger charge is 2.39. The molecular weight excluding hydrogens is 392 g/mol. The largest absolute Gasteiger partial charge is 0.503 e. The van der Waals surface area contributed by atoms with Crippen LogP contribution in [-0.4, -0.2) is 50.3 Å². The lowest BCUT2D eigenvalue weighted by molar-refractivity contribution is -0.139. The molecule has 2 heterocycles. The molecule has 2 aliphatic rings. The van der Waals surface area contributed by atoms with Crippen molar-refractivity contribution in [1.29, 1.82) is 0 Å². The molecule has 0 aliphatic carbocycles. The molecule has 2 saturated heterocycles. The average Bonchev–Trinajstić information content (AvgIpc) is 2.82. The normalized spacial score (nSPS) is 26.1. The first-order valence-electron chi connectivity index (χ1n) is 9.78. The zero-order chi connectivity index (χ0) is 20.1. The number of thioether (sulfide) groups is 2. The molecule has 2 N–H and O–H groups in total. The lowest BCUT2D eigenvalue weighted by atomic mass is 10.0. The van der Waals surface area contributed by atoms with Crippen LogP contribution in [0.1, 0.15) is 38.2 Å². The molecule has 152 valence electrons. The van der Waals surface area contributed by atoms with Crippen molar-refractivity contribution in [3.63, 3.8) is 0 Å². The van der Waals surface area contributed by atoms with Crippen LogP contribution < -0.4 is 5.32 Å². The quantitative estimate of drug-likeness (QED) is 0.687. The number of carbonyl (C=O) groups excluding carboxylic acids is 2. The standard InChI is InChI=1S/C21H28N2O3S2/c1-14-7-6-10-19-23(14)21(26)17(11-12-27-19)22-20(25)18(28-15(2)24)13-16-8-4-3-5-9-16/h3-5,8-9,14,17-19,24H,2,6-7,10-13H2,1H3,(H,22,25)/t14-,17?,18?,19?/m1/s1. The fourth-order valence-corrected chi connectivity index (χ4v) is 6.11. The van der Waals surface area contributed by atoms with Gasteiger partial charge in [-0.3, -0.25) is 9.59 Å². The predicted molar refractivity (Wildman–Crippen MR) is 116 cm³/mol. The maximum Gasteiger partial charge on any atom is 0.246 e. The van der Waals surface area contributed by atoms with Crippen LogP contribution in [0, 0.1) is 0 Å². The molecule has 0 radical (unpaired) electrons. The van der Waals surface area contributed by atoms with E-state index in [4.69, 9.17) is 0 Å². The number of carbonyl (C=O) groups is 2. The number of fused-ring (bicyclic) bond motifs is 1. The lowest BCUT2D eigenvalue weighted by Gasteiger charge is -2.40. The Morgan fingerprint density at radius 3 is 2.82 bits per heavy atom. The molecule has 0 saturated carbocycles. The SMILES string of the molecule is C=C(O)SC(Cc1ccccc1)C(=O)NC1CCSC2CCC[C@@H](C)N2C1=O. The highest BCUT2D eigenvalue weighted by atomic mass is 32.2. The second kappa shape index (κ2) is 9.74. The molecule has 5 nitrogen and oxygen atoms in total. The fraction of sp³-hybridized carbons (Fsp3) is 0.524. The number of hydrogen-bond donors (Lipinski definition) is 2. The number of amides is 2. The highest BCUT2D eigenvalue weighted by molar-refractivity contribution is 8.04. The van der Waals surface area contributed by atoms with Gasteiger partial charge in [-0.2, -0.15) is 0 Å². The molecular formula is C21H28N2O3S2. The van der Waals surface area contributed by atoms with Gasteiger partial charge in [-0.25, -0.2) is 0 Å². The van der Waals surface area contributed by atoms with Gasteiger partial charge in [0.25, 0.3) is 0 Å². The molecule has 28 heavy (non-hydrogen) atoms. The number of nitrogens with zero attached hydrogens (tertiary/aromatic N) is 1. The van der Waals surface area contributed by atoms with Crippen LogP contribution in [0.3, 0.4) is 0 Å². The Hall–Kier alpha value is -1.60. The number of hydrogen-bond acceptors (Lipinski definition) is 5. The molecule has 7 heteroatoms. The predicted octanol–water partition coefficient (Wildman–Crippen LogP) is 3.71. The summed E-state index contributed by atoms with van der Waals surface area (Å²) < 4.78 is 0. The van der Waals surface area contributed by atoms with Crippen LogP contribution in [-0.2, 0) is 16.0 Å². The van der Waals surface area contributed by atoms with Crippen molar-refractivity contribution in [3.05, 3.63) is 47.6 Å². The summed E-state index contributed by atoms with van der Waals surface area (Å²) in [7, 11) is 0. The van der Waals surface area contributed by atoms with Crippen molar-refractivity contribution in [2.75, 3.05) is 5.75 Å². The van der Waals surface area contributed by atoms with Crippen molar-refractivity contribution in [1.82, 2.24) is 10.2 Å². The van der Waals surface area contributed by atoms with Gasteiger partial charge in [0, 0.05) is 6.04 Å². The minimum absolute atomic E-state index is 0.0295. The zero-order valence-corrected chi connectivity index (χ0v) is 17.8. The van der Waals surface area contributed by atoms with E-state index in [1.54, 1.807) is 0 Å². The fourth-order valence-electron chi connectivity index (χ4n) is 3.88. The number of nitrogens with one attached hydrogen (secondary N) is 1. The van der Waals surface area contributed by atoms with Crippen LogP contribution in [0.25, 0.3) is 0 Å². The molecule has 3 rings (SSSR count). The number of benzene rings is 1. The van der Waals surface area contributed by atoms with E-state index >= 15 is 0 Å². The Morgan fingerprint density at radius 1 is 1.36 bits per heavy atom. The van der Waals surface area contributed by atoms with Gasteiger partial charge in [-0.05, 0) is 56.9 Å². The molecule has 0 bridgehead atoms. The van der Waals surface area contributed by atoms with Gasteiger partial charge in [0.2, 0.25) is 11.8 Å². The number of aliphatic hydroxyl groups excluding tert-OH is 1. The Labute approximate surface area is 175 Å². The molecule has 4 atom stereocenters. The maximum atomic E-state index is 13.2. The van der Waals surface area contributed by atoms with Crippen LogP contribution in [0.5, 0.6) is 0 Å². The molecule has 0 spiro atoms. The lowest BCUT2D eigenvalue weighted by Crippen LogP contribution is -2.55. The Kier molecular flexibility index (Phi) is 7.35. The summed E-state index contributed by atoms with van der Waals surface area (Å²) in [6.45, 7) is 5.62. The maximum absolute atomic E-state index is 13.2. The molecule has 2 amide bonds. The minimum atomic E-state index is -0.529. The van der Waals surface area contributed by atoms with Gasteiger partial charge in [0.15, 0.2) is 0 Å². The van der Waals surface area contributed by atoms with Crippen LogP contribution in [0.2, 0.25) is 0 Å². The first-order chi connectivity index (χ1) is 13.5. The summed E-state index contributed by atoms with van der Waals surface area (Å²) in [5.74, 6) is 0.658. The molecule has 3 unspecified atom stereocenters. The Bertz CT molecular complexity index is 713. The number of aliphatic hydroxyl groups is 1. The first kappa shape index (κ1) is 21.1. The Balaban J connectivity index is 1.70. The highest BCUT2D eigenvalue weighted by Crippen LogP contribution is 2.34. The van der Waals surface area contributed by atoms with E-state index in [1.165, 1.54) is 0 Å². The monoisotopic (exact) mass is 420 g/mol. The van der Waals surface area contributed by atoms with Crippen molar-refractivity contribution >= 4 is 35.3 Å². The third-order valence-electron chi connectivity index (χ3n) is 5.28. The van der Waals surface area contributed by atoms with Crippen LogP contribution in [0.15, 0.2) is 42.0 Å². The summed E-state index contributed by atoms with van der Waals surface area (Å²) in [5, 5.41) is 12.2. The molecule has 1 aromatic rings. The molecule has 0 aromatic heterocycles. The second-order valence-electron chi connectivity index (χ2n) is 7.39. The van der Waals surface area contributed by atoms with Gasteiger partial charge < -0.3 is 15.3 Å². The van der Waals surface area contributed by atoms with E-state index in [0.29, 0.717) is 12.8 Å². The summed E-state index contributed by atoms with van der Waals surface area (Å²) in [6, 6.07) is 9.39. The summed E-state index contributed by atoms with van der Waals surface area (Å²) >= 11 is 2.86. The summed E-state index contributed by atoms with van der Waals surface area (Å²) in [5.41, 5.74) is 1.00. The Morgan fingerprint density at radius 2 is 2.11 bits per heavy atom. The van der Waals surface area contributed by atoms with E-state index < -0.39 is 11.3 Å². The third-order valence-corrected chi connectivity index (χ3v) is 7.53. The average molecular weight is 421 g/mol. The van der Waals surface area contributed by atoms with Crippen molar-refractivity contribution in [2.45, 2.75) is 61.7 Å². The topological polar surface area (TPSA) is 69.6 Å². The first-order valence-corrected chi connectivity index (χ1v) is 11.7. The molecule has 2 fully saturated rings. The smallest absolute Gasteiger partial charge is 0.246 e. The second-order valence-corrected chi connectivity index (χ2v) is 9.95. The molecule has 1 aromatic carbocycles. The van der Waals surface area contributed by atoms with E-state index in [1.807, 2.05) is 47.0 Å². The van der Waals surface area contributed by atoms with Crippen molar-refractivity contribution in [2.24, 2.45) is 0 Å². The van der Waals surface area contributed by atoms with E-state index in [0.717, 1.165) is 42.3 Å². The minimum Gasteiger partial charge on any atom is -0.503 e. The van der Waals surface area contributed by atoms with E-state index in [2.05, 4.69) is 18.8 Å². The van der Waals surface area contributed by atoms with Gasteiger partial charge >= 0.3 is 0 Å². The van der Waals surface area contributed by atoms with Crippen molar-refractivity contribution in [3.8, 4) is 0 Å². The van der Waals surface area contributed by atoms with Gasteiger partial charge in [-0.1, -0.05) is 42.1 Å². The van der Waals surface area contributed by atoms with Crippen molar-refractivity contribution < 1.29 is 14.7 Å². The summed E-state index contributed by atoms with van der Waals surface area (Å²) in [6.07, 6.45) is 4.29. The number of rotatable bonds is 6. The van der Waals surface area contributed by atoms with Crippen LogP contribution in [0.4, 0.5) is 0 Å². The zero-order valence-electron chi connectivity index (χ0n) is 16.2. The van der Waals surface area contributed by atoms with Crippen LogP contribution >= 0.6 is 23.5 Å². The number of piperidine rings is 1. The van der Waals surface area contributed by atoms with Gasteiger partial charge in [0.1, 0.15) is 11.1 Å². The van der Waals surface area contributed by atoms with E-state index in [9.17, 15) is 14.7 Å². The third kappa shape index (κ3) is 5.26. The van der Waals surface area contributed by atoms with Gasteiger partial charge in [0.05, 0.1) is 10.6 Å². The summed E-state index contributed by atoms with van der Waals surface area (Å²) in [4.78, 5) is 28.1. The molecule has 2 aliphatic heterocycles. The van der Waals surface area contributed by atoms with E-state index in [-0.39, 0.29) is 28.3 Å². The van der Waals surface area contributed by atoms with Gasteiger partial charge in [-0.15, -0.1) is 11.8 Å².